The van der Waals surface area contributed by atoms with Crippen LogP contribution < -0.4 is 0 Å². The Morgan fingerprint density at radius 3 is 2.16 bits per heavy atom. The molecular weight excluding hydrogens is 232 g/mol. The lowest BCUT2D eigenvalue weighted by Gasteiger charge is -2.06. The van der Waals surface area contributed by atoms with Crippen LogP contribution in [-0.2, 0) is 0 Å². The SMILES string of the molecule is OC(C/C=C/C=C/c1ccccc1)c1ccccc1. The van der Waals surface area contributed by atoms with E-state index in [2.05, 4.69) is 12.1 Å². The van der Waals surface area contributed by atoms with Crippen molar-refractivity contribution in [2.45, 2.75) is 12.5 Å². The second-order valence-corrected chi connectivity index (χ2v) is 4.36. The standard InChI is InChI=1S/C18H18O/c19-18(17-13-7-3-8-14-17)15-9-2-6-12-16-10-4-1-5-11-16/h1-14,18-19H,15H2/b9-2+,12-6+. The van der Waals surface area contributed by atoms with Crippen LogP contribution in [0, 0.1) is 0 Å². The molecule has 0 aliphatic rings. The molecule has 0 spiro atoms. The van der Waals surface area contributed by atoms with E-state index in [-0.39, 0.29) is 0 Å². The minimum absolute atomic E-state index is 0.428. The molecule has 2 aromatic carbocycles. The topological polar surface area (TPSA) is 20.2 Å². The molecule has 0 fully saturated rings. The van der Waals surface area contributed by atoms with Gasteiger partial charge in [0.2, 0.25) is 0 Å². The minimum Gasteiger partial charge on any atom is -0.388 e. The molecule has 0 heterocycles. The monoisotopic (exact) mass is 250 g/mol. The third kappa shape index (κ3) is 4.57. The highest BCUT2D eigenvalue weighted by Crippen LogP contribution is 2.16. The van der Waals surface area contributed by atoms with E-state index in [0.29, 0.717) is 6.42 Å². The van der Waals surface area contributed by atoms with Crippen LogP contribution in [0.3, 0.4) is 0 Å². The Labute approximate surface area is 114 Å². The maximum Gasteiger partial charge on any atom is 0.0824 e. The van der Waals surface area contributed by atoms with E-state index in [4.69, 9.17) is 0 Å². The first-order valence-electron chi connectivity index (χ1n) is 6.47. The molecule has 0 bridgehead atoms. The first-order valence-corrected chi connectivity index (χ1v) is 6.47. The molecule has 1 atom stereocenters. The van der Waals surface area contributed by atoms with Gasteiger partial charge in [-0.1, -0.05) is 85.0 Å². The maximum atomic E-state index is 9.96. The molecule has 0 aromatic heterocycles. The number of allylic oxidation sites excluding steroid dienone is 2. The predicted molar refractivity (Wildman–Crippen MR) is 80.6 cm³/mol. The lowest BCUT2D eigenvalue weighted by atomic mass is 10.1. The Morgan fingerprint density at radius 1 is 0.842 bits per heavy atom. The van der Waals surface area contributed by atoms with Gasteiger partial charge in [-0.25, -0.2) is 0 Å². The Hall–Kier alpha value is -2.12. The van der Waals surface area contributed by atoms with Crippen LogP contribution >= 0.6 is 0 Å². The van der Waals surface area contributed by atoms with Gasteiger partial charge in [-0.2, -0.15) is 0 Å². The van der Waals surface area contributed by atoms with Gasteiger partial charge in [0, 0.05) is 0 Å². The molecule has 0 saturated heterocycles. The van der Waals surface area contributed by atoms with Crippen molar-refractivity contribution in [3.63, 3.8) is 0 Å². The first kappa shape index (κ1) is 13.3. The van der Waals surface area contributed by atoms with Crippen molar-refractivity contribution in [1.82, 2.24) is 0 Å². The molecule has 1 unspecified atom stereocenters. The normalized spacial score (nSPS) is 13.1. The summed E-state index contributed by atoms with van der Waals surface area (Å²) < 4.78 is 0. The van der Waals surface area contributed by atoms with E-state index in [9.17, 15) is 5.11 Å². The summed E-state index contributed by atoms with van der Waals surface area (Å²) in [5.41, 5.74) is 2.13. The zero-order valence-corrected chi connectivity index (χ0v) is 10.8. The molecule has 0 aliphatic carbocycles. The van der Waals surface area contributed by atoms with Crippen molar-refractivity contribution >= 4 is 6.08 Å². The fraction of sp³-hybridized carbons (Fsp3) is 0.111. The van der Waals surface area contributed by atoms with Crippen LogP contribution in [-0.4, -0.2) is 5.11 Å². The molecule has 0 aliphatic heterocycles. The summed E-state index contributed by atoms with van der Waals surface area (Å²) in [6, 6.07) is 19.9. The quantitative estimate of drug-likeness (QED) is 0.781. The van der Waals surface area contributed by atoms with Crippen LogP contribution in [0.5, 0.6) is 0 Å². The maximum absolute atomic E-state index is 9.96. The molecule has 2 rings (SSSR count). The van der Waals surface area contributed by atoms with Gasteiger partial charge in [-0.05, 0) is 17.5 Å². The van der Waals surface area contributed by atoms with E-state index >= 15 is 0 Å². The molecule has 19 heavy (non-hydrogen) atoms. The highest BCUT2D eigenvalue weighted by molar-refractivity contribution is 5.50. The van der Waals surface area contributed by atoms with Crippen molar-refractivity contribution in [2.24, 2.45) is 0 Å². The highest BCUT2D eigenvalue weighted by atomic mass is 16.3. The van der Waals surface area contributed by atoms with Gasteiger partial charge in [-0.3, -0.25) is 0 Å². The van der Waals surface area contributed by atoms with Gasteiger partial charge in [0.25, 0.3) is 0 Å². The molecule has 2 aromatic rings. The molecule has 0 radical (unpaired) electrons. The largest absolute Gasteiger partial charge is 0.388 e. The molecule has 1 heteroatoms. The third-order valence-corrected chi connectivity index (χ3v) is 2.88. The van der Waals surface area contributed by atoms with Gasteiger partial charge in [0.15, 0.2) is 0 Å². The van der Waals surface area contributed by atoms with Crippen molar-refractivity contribution in [1.29, 1.82) is 0 Å². The number of rotatable bonds is 5. The average Bonchev–Trinajstić information content (AvgIpc) is 2.49. The summed E-state index contributed by atoms with van der Waals surface area (Å²) in [5.74, 6) is 0. The van der Waals surface area contributed by atoms with Crippen LogP contribution in [0.4, 0.5) is 0 Å². The predicted octanol–water partition coefficient (Wildman–Crippen LogP) is 4.38. The molecule has 1 nitrogen and oxygen atoms in total. The number of hydrogen-bond donors (Lipinski definition) is 1. The summed E-state index contributed by atoms with van der Waals surface area (Å²) >= 11 is 0. The third-order valence-electron chi connectivity index (χ3n) is 2.88. The van der Waals surface area contributed by atoms with Gasteiger partial charge in [-0.15, -0.1) is 0 Å². The Morgan fingerprint density at radius 2 is 1.47 bits per heavy atom. The van der Waals surface area contributed by atoms with E-state index in [0.717, 1.165) is 5.56 Å². The van der Waals surface area contributed by atoms with Crippen molar-refractivity contribution in [2.75, 3.05) is 0 Å². The Bertz CT molecular complexity index is 526. The molecular formula is C18H18O. The summed E-state index contributed by atoms with van der Waals surface area (Å²) in [4.78, 5) is 0. The Kier molecular flexibility index (Phi) is 5.15. The van der Waals surface area contributed by atoms with Crippen LogP contribution in [0.2, 0.25) is 0 Å². The van der Waals surface area contributed by atoms with Crippen LogP contribution in [0.15, 0.2) is 78.9 Å². The fourth-order valence-electron chi connectivity index (χ4n) is 1.83. The highest BCUT2D eigenvalue weighted by Gasteiger charge is 2.02. The molecule has 96 valence electrons. The van der Waals surface area contributed by atoms with Crippen LogP contribution in [0.25, 0.3) is 6.08 Å². The lowest BCUT2D eigenvalue weighted by molar-refractivity contribution is 0.181. The summed E-state index contributed by atoms with van der Waals surface area (Å²) in [6.45, 7) is 0. The van der Waals surface area contributed by atoms with Gasteiger partial charge in [0.05, 0.1) is 6.10 Å². The summed E-state index contributed by atoms with van der Waals surface area (Å²) in [5, 5.41) is 9.96. The zero-order valence-electron chi connectivity index (χ0n) is 10.8. The van der Waals surface area contributed by atoms with Gasteiger partial charge in [0.1, 0.15) is 0 Å². The van der Waals surface area contributed by atoms with E-state index < -0.39 is 6.10 Å². The number of hydrogen-bond acceptors (Lipinski definition) is 1. The zero-order chi connectivity index (χ0) is 13.3. The molecule has 0 saturated carbocycles. The first-order chi connectivity index (χ1) is 9.36. The summed E-state index contributed by atoms with van der Waals surface area (Å²) in [7, 11) is 0. The van der Waals surface area contributed by atoms with E-state index in [1.165, 1.54) is 5.56 Å². The van der Waals surface area contributed by atoms with Crippen LogP contribution in [0.1, 0.15) is 23.7 Å². The van der Waals surface area contributed by atoms with Crippen molar-refractivity contribution in [3.05, 3.63) is 90.0 Å². The van der Waals surface area contributed by atoms with Crippen molar-refractivity contribution < 1.29 is 5.11 Å². The average molecular weight is 250 g/mol. The van der Waals surface area contributed by atoms with E-state index in [1.807, 2.05) is 72.8 Å². The molecule has 1 N–H and O–H groups in total. The smallest absolute Gasteiger partial charge is 0.0824 e. The summed E-state index contributed by atoms with van der Waals surface area (Å²) in [6.07, 6.45) is 8.19. The van der Waals surface area contributed by atoms with Gasteiger partial charge >= 0.3 is 0 Å². The van der Waals surface area contributed by atoms with Gasteiger partial charge < -0.3 is 5.11 Å². The van der Waals surface area contributed by atoms with Crippen molar-refractivity contribution in [3.8, 4) is 0 Å². The minimum atomic E-state index is -0.428. The second kappa shape index (κ2) is 7.34. The number of benzene rings is 2. The fourth-order valence-corrected chi connectivity index (χ4v) is 1.83. The lowest BCUT2D eigenvalue weighted by Crippen LogP contribution is -1.94. The van der Waals surface area contributed by atoms with E-state index in [1.54, 1.807) is 0 Å². The molecule has 0 amide bonds. The number of aliphatic hydroxyl groups excluding tert-OH is 1. The Balaban J connectivity index is 1.82. The second-order valence-electron chi connectivity index (χ2n) is 4.36. The number of aliphatic hydroxyl groups is 1.